The molecular formula is C32H43ClN4O3. The van der Waals surface area contributed by atoms with Crippen molar-refractivity contribution in [2.24, 2.45) is 5.92 Å². The summed E-state index contributed by atoms with van der Waals surface area (Å²) in [6.07, 6.45) is 10.1. The quantitative estimate of drug-likeness (QED) is 0.131. The number of para-hydroxylation sites is 1. The summed E-state index contributed by atoms with van der Waals surface area (Å²) < 4.78 is 7.55. The minimum atomic E-state index is -0.193. The van der Waals surface area contributed by atoms with Crippen LogP contribution in [0.3, 0.4) is 0 Å². The van der Waals surface area contributed by atoms with Crippen LogP contribution >= 0.6 is 11.6 Å². The van der Waals surface area contributed by atoms with Crippen LogP contribution in [0, 0.1) is 5.92 Å². The number of piperidine rings is 1. The number of hydrogen-bond donors (Lipinski definition) is 2. The monoisotopic (exact) mass is 566 g/mol. The van der Waals surface area contributed by atoms with E-state index in [9.17, 15) is 9.59 Å². The van der Waals surface area contributed by atoms with Gasteiger partial charge in [0.15, 0.2) is 5.78 Å². The van der Waals surface area contributed by atoms with Crippen LogP contribution in [0.25, 0.3) is 10.9 Å². The largest absolute Gasteiger partial charge is 0.496 e. The summed E-state index contributed by atoms with van der Waals surface area (Å²) in [5.74, 6) is 0.941. The van der Waals surface area contributed by atoms with Gasteiger partial charge in [0.05, 0.1) is 23.4 Å². The molecule has 1 fully saturated rings. The van der Waals surface area contributed by atoms with Gasteiger partial charge in [0.1, 0.15) is 5.75 Å². The predicted octanol–water partition coefficient (Wildman–Crippen LogP) is 6.57. The normalized spacial score (nSPS) is 14.5. The van der Waals surface area contributed by atoms with E-state index in [2.05, 4.69) is 40.0 Å². The van der Waals surface area contributed by atoms with Gasteiger partial charge >= 0.3 is 0 Å². The van der Waals surface area contributed by atoms with Crippen LogP contribution in [0.15, 0.2) is 42.6 Å². The van der Waals surface area contributed by atoms with Gasteiger partial charge in [0, 0.05) is 48.2 Å². The second-order valence-corrected chi connectivity index (χ2v) is 11.3. The first kappa shape index (κ1) is 29.9. The highest BCUT2D eigenvalue weighted by molar-refractivity contribution is 6.33. The molecule has 4 rings (SSSR count). The second-order valence-electron chi connectivity index (χ2n) is 10.9. The number of methoxy groups -OCH3 is 1. The van der Waals surface area contributed by atoms with Gasteiger partial charge < -0.3 is 25.3 Å². The fourth-order valence-corrected chi connectivity index (χ4v) is 5.74. The van der Waals surface area contributed by atoms with E-state index in [0.717, 1.165) is 87.6 Å². The molecule has 0 atom stereocenters. The number of carbonyl (C=O) groups is 2. The number of nitrogen functional groups attached to an aromatic ring is 1. The molecule has 0 saturated carbocycles. The molecule has 2 heterocycles. The van der Waals surface area contributed by atoms with Gasteiger partial charge in [-0.1, -0.05) is 49.6 Å². The number of amides is 1. The van der Waals surface area contributed by atoms with Crippen LogP contribution in [0.4, 0.5) is 5.69 Å². The number of anilines is 1. The van der Waals surface area contributed by atoms with E-state index < -0.39 is 0 Å². The van der Waals surface area contributed by atoms with Gasteiger partial charge in [-0.25, -0.2) is 0 Å². The van der Waals surface area contributed by atoms with Crippen molar-refractivity contribution in [3.05, 3.63) is 58.7 Å². The van der Waals surface area contributed by atoms with Gasteiger partial charge in [0.25, 0.3) is 5.91 Å². The standard InChI is InChI=1S/C32H43ClN4O3/c1-3-4-16-37-22-26(24-10-7-8-11-29(24)37)30(38)12-6-5-9-15-36-17-13-23(14-18-36)21-35-32(39)25-19-27(33)28(34)20-31(25)40-2/h7-8,10-11,19-20,22-23H,3-6,9,12-18,21,34H2,1-2H3,(H,35,39). The molecule has 1 aliphatic heterocycles. The number of nitrogens with one attached hydrogen (secondary N) is 1. The predicted molar refractivity (Wildman–Crippen MR) is 164 cm³/mol. The molecule has 216 valence electrons. The summed E-state index contributed by atoms with van der Waals surface area (Å²) in [6.45, 7) is 6.92. The Morgan fingerprint density at radius 1 is 1.05 bits per heavy atom. The van der Waals surface area contributed by atoms with Crippen molar-refractivity contribution in [1.29, 1.82) is 0 Å². The molecule has 3 aromatic rings. The zero-order valence-electron chi connectivity index (χ0n) is 23.9. The first-order valence-corrected chi connectivity index (χ1v) is 15.0. The Bertz CT molecular complexity index is 1300. The number of hydrogen-bond acceptors (Lipinski definition) is 5. The van der Waals surface area contributed by atoms with E-state index in [4.69, 9.17) is 22.1 Å². The third-order valence-corrected chi connectivity index (χ3v) is 8.37. The molecule has 40 heavy (non-hydrogen) atoms. The fourth-order valence-electron chi connectivity index (χ4n) is 5.58. The summed E-state index contributed by atoms with van der Waals surface area (Å²) >= 11 is 6.11. The number of Topliss-reactive ketones (excluding diaryl/α,β-unsaturated/α-hetero) is 1. The molecule has 1 aromatic heterocycles. The van der Waals surface area contributed by atoms with Crippen molar-refractivity contribution < 1.29 is 14.3 Å². The Labute approximate surface area is 243 Å². The van der Waals surface area contributed by atoms with Crippen LogP contribution in [0.5, 0.6) is 5.75 Å². The zero-order chi connectivity index (χ0) is 28.5. The summed E-state index contributed by atoms with van der Waals surface area (Å²) in [7, 11) is 1.52. The maximum atomic E-state index is 13.0. The Morgan fingerprint density at radius 3 is 2.58 bits per heavy atom. The number of ether oxygens (including phenoxy) is 1. The van der Waals surface area contributed by atoms with Crippen molar-refractivity contribution in [3.63, 3.8) is 0 Å². The Balaban J connectivity index is 1.14. The van der Waals surface area contributed by atoms with Gasteiger partial charge in [0.2, 0.25) is 0 Å². The minimum absolute atomic E-state index is 0.193. The number of nitrogens with two attached hydrogens (primary N) is 1. The molecule has 1 aliphatic rings. The number of unbranched alkanes of at least 4 members (excludes halogenated alkanes) is 3. The zero-order valence-corrected chi connectivity index (χ0v) is 24.6. The molecular weight excluding hydrogens is 524 g/mol. The smallest absolute Gasteiger partial charge is 0.255 e. The number of carbonyl (C=O) groups excluding carboxylic acids is 2. The number of ketones is 1. The maximum Gasteiger partial charge on any atom is 0.255 e. The topological polar surface area (TPSA) is 89.6 Å². The summed E-state index contributed by atoms with van der Waals surface area (Å²) in [6, 6.07) is 11.4. The first-order chi connectivity index (χ1) is 19.4. The van der Waals surface area contributed by atoms with E-state index in [1.807, 2.05) is 12.1 Å². The molecule has 1 amide bonds. The lowest BCUT2D eigenvalue weighted by Gasteiger charge is -2.32. The van der Waals surface area contributed by atoms with E-state index in [0.29, 0.717) is 40.9 Å². The van der Waals surface area contributed by atoms with E-state index in [-0.39, 0.29) is 11.7 Å². The summed E-state index contributed by atoms with van der Waals surface area (Å²) in [4.78, 5) is 28.3. The Morgan fingerprint density at radius 2 is 1.82 bits per heavy atom. The molecule has 0 aliphatic carbocycles. The van der Waals surface area contributed by atoms with Crippen LogP contribution in [-0.4, -0.2) is 54.4 Å². The number of halogens is 1. The third-order valence-electron chi connectivity index (χ3n) is 8.04. The van der Waals surface area contributed by atoms with E-state index in [1.54, 1.807) is 12.1 Å². The summed E-state index contributed by atoms with van der Waals surface area (Å²) in [5, 5.41) is 4.47. The molecule has 2 aromatic carbocycles. The highest BCUT2D eigenvalue weighted by Gasteiger charge is 2.21. The molecule has 0 radical (unpaired) electrons. The van der Waals surface area contributed by atoms with Gasteiger partial charge in [-0.15, -0.1) is 0 Å². The molecule has 7 nitrogen and oxygen atoms in total. The van der Waals surface area contributed by atoms with Crippen molar-refractivity contribution >= 4 is 39.9 Å². The number of rotatable bonds is 14. The lowest BCUT2D eigenvalue weighted by molar-refractivity contribution is 0.0932. The van der Waals surface area contributed by atoms with Crippen molar-refractivity contribution in [3.8, 4) is 5.75 Å². The Kier molecular flexibility index (Phi) is 10.9. The maximum absolute atomic E-state index is 13.0. The molecule has 3 N–H and O–H groups in total. The fraction of sp³-hybridized carbons (Fsp3) is 0.500. The Hall–Kier alpha value is -3.03. The van der Waals surface area contributed by atoms with Crippen LogP contribution < -0.4 is 15.8 Å². The number of aryl methyl sites for hydroxylation is 1. The molecule has 0 spiro atoms. The summed E-state index contributed by atoms with van der Waals surface area (Å²) in [5.41, 5.74) is 8.66. The number of aromatic nitrogens is 1. The second kappa shape index (κ2) is 14.6. The van der Waals surface area contributed by atoms with Crippen molar-refractivity contribution in [2.45, 2.75) is 64.8 Å². The molecule has 0 bridgehead atoms. The SMILES string of the molecule is CCCCn1cc(C(=O)CCCCCN2CCC(CNC(=O)c3cc(Cl)c(N)cc3OC)CC2)c2ccccc21. The van der Waals surface area contributed by atoms with Crippen molar-refractivity contribution in [2.75, 3.05) is 39.0 Å². The number of nitrogens with zero attached hydrogens (tertiary/aromatic N) is 2. The number of likely N-dealkylation sites (tertiary alicyclic amines) is 1. The van der Waals surface area contributed by atoms with E-state index >= 15 is 0 Å². The van der Waals surface area contributed by atoms with Gasteiger partial charge in [-0.2, -0.15) is 0 Å². The van der Waals surface area contributed by atoms with Crippen LogP contribution in [-0.2, 0) is 6.54 Å². The van der Waals surface area contributed by atoms with Crippen LogP contribution in [0.2, 0.25) is 5.02 Å². The average Bonchev–Trinajstić information content (AvgIpc) is 3.35. The number of fused-ring (bicyclic) bond motifs is 1. The number of benzene rings is 2. The first-order valence-electron chi connectivity index (χ1n) is 14.7. The molecule has 1 saturated heterocycles. The average molecular weight is 567 g/mol. The highest BCUT2D eigenvalue weighted by Crippen LogP contribution is 2.29. The highest BCUT2D eigenvalue weighted by atomic mass is 35.5. The van der Waals surface area contributed by atoms with Crippen LogP contribution in [0.1, 0.15) is 79.0 Å². The van der Waals surface area contributed by atoms with Gasteiger partial charge in [-0.05, 0) is 69.8 Å². The lowest BCUT2D eigenvalue weighted by Crippen LogP contribution is -2.39. The lowest BCUT2D eigenvalue weighted by atomic mass is 9.96. The van der Waals surface area contributed by atoms with Crippen molar-refractivity contribution in [1.82, 2.24) is 14.8 Å². The molecule has 0 unspecified atom stereocenters. The minimum Gasteiger partial charge on any atom is -0.496 e. The van der Waals surface area contributed by atoms with E-state index in [1.165, 1.54) is 7.11 Å². The third kappa shape index (κ3) is 7.58. The molecule has 8 heteroatoms. The van der Waals surface area contributed by atoms with Gasteiger partial charge in [-0.3, -0.25) is 9.59 Å².